The number of guanidine groups is 1. The normalized spacial score (nSPS) is 40.7. The molecule has 59 heavy (non-hydrogen) atoms. The summed E-state index contributed by atoms with van der Waals surface area (Å²) in [4.78, 5) is 32.1. The van der Waals surface area contributed by atoms with E-state index in [1.54, 1.807) is 0 Å². The molecule has 4 heterocycles. The first kappa shape index (κ1) is 45.5. The van der Waals surface area contributed by atoms with Crippen LogP contribution in [0.1, 0.15) is 142 Å². The number of ether oxygens (including phenoxy) is 2. The van der Waals surface area contributed by atoms with E-state index in [9.17, 15) is 19.8 Å². The van der Waals surface area contributed by atoms with Crippen molar-refractivity contribution in [3.63, 3.8) is 0 Å². The number of hydrogen-bond donors (Lipinski definition) is 7. The molecule has 0 radical (unpaired) electrons. The van der Waals surface area contributed by atoms with Crippen LogP contribution < -0.4 is 27.1 Å². The van der Waals surface area contributed by atoms with Crippen LogP contribution in [0.15, 0.2) is 12.2 Å². The predicted octanol–water partition coefficient (Wildman–Crippen LogP) is 3.04. The van der Waals surface area contributed by atoms with Gasteiger partial charge in [0.2, 0.25) is 5.91 Å². The third kappa shape index (κ3) is 12.3. The van der Waals surface area contributed by atoms with Gasteiger partial charge in [-0.05, 0) is 118 Å². The van der Waals surface area contributed by atoms with Gasteiger partial charge in [0, 0.05) is 62.8 Å². The largest absolute Gasteiger partial charge is 0.462 e. The Bertz CT molecular complexity index is 1450. The number of carbonyl (C=O) groups excluding carboxylic acids is 2. The van der Waals surface area contributed by atoms with Gasteiger partial charge in [-0.25, -0.2) is 0 Å². The smallest absolute Gasteiger partial charge is 0.342 e. The van der Waals surface area contributed by atoms with Crippen LogP contribution in [-0.4, -0.2) is 106 Å². The number of fused-ring (bicyclic) bond motifs is 7. The van der Waals surface area contributed by atoms with E-state index < -0.39 is 12.2 Å². The van der Waals surface area contributed by atoms with Crippen LogP contribution >= 0.6 is 21.6 Å². The number of amides is 1. The van der Waals surface area contributed by atoms with Crippen molar-refractivity contribution in [2.24, 2.45) is 46.5 Å². The summed E-state index contributed by atoms with van der Waals surface area (Å²) in [5.41, 5.74) is 13.0. The minimum Gasteiger partial charge on any atom is -0.462 e. The first-order valence-electron chi connectivity index (χ1n) is 23.7. The second-order valence-corrected chi connectivity index (χ2v) is 22.7. The lowest BCUT2D eigenvalue weighted by Gasteiger charge is -2.46. The van der Waals surface area contributed by atoms with Crippen molar-refractivity contribution in [2.75, 3.05) is 31.9 Å². The van der Waals surface area contributed by atoms with E-state index in [1.807, 2.05) is 21.6 Å². The molecule has 14 heteroatoms. The van der Waals surface area contributed by atoms with Crippen LogP contribution in [-0.2, 0) is 19.1 Å². The average molecular weight is 863 g/mol. The Hall–Kier alpha value is -1.55. The number of nitrogens with two attached hydrogens (primary N) is 3. The van der Waals surface area contributed by atoms with Crippen molar-refractivity contribution in [1.29, 1.82) is 0 Å². The minimum absolute atomic E-state index is 0.0450. The van der Waals surface area contributed by atoms with Gasteiger partial charge in [0.1, 0.15) is 17.1 Å². The highest BCUT2D eigenvalue weighted by Crippen LogP contribution is 2.48. The molecule has 5 fully saturated rings. The van der Waals surface area contributed by atoms with E-state index >= 15 is 0 Å². The molecular weight excluding hydrogens is 785 g/mol. The number of nitrogens with one attached hydrogen (secondary N) is 2. The quantitative estimate of drug-likeness (QED) is 0.126. The van der Waals surface area contributed by atoms with Crippen LogP contribution in [0.3, 0.4) is 0 Å². The molecule has 1 spiro atoms. The number of rotatable bonds is 3. The van der Waals surface area contributed by atoms with Crippen LogP contribution in [0.25, 0.3) is 0 Å². The molecule has 3 aliphatic carbocycles. The summed E-state index contributed by atoms with van der Waals surface area (Å²) in [7, 11) is 3.88. The first-order valence-corrected chi connectivity index (χ1v) is 26.0. The molecule has 0 aromatic carbocycles. The van der Waals surface area contributed by atoms with Crippen LogP contribution in [0.4, 0.5) is 0 Å². The summed E-state index contributed by atoms with van der Waals surface area (Å²) in [6.07, 6.45) is 22.8. The number of aliphatic hydroxyl groups excluding tert-OH is 2. The molecule has 7 aliphatic rings. The highest BCUT2D eigenvalue weighted by Gasteiger charge is 2.50. The highest BCUT2D eigenvalue weighted by atomic mass is 33.1. The van der Waals surface area contributed by atoms with Crippen molar-refractivity contribution in [3.05, 3.63) is 12.2 Å². The second kappa shape index (κ2) is 21.2. The molecule has 12 atom stereocenters. The van der Waals surface area contributed by atoms with Gasteiger partial charge < -0.3 is 29.9 Å². The first-order chi connectivity index (χ1) is 28.5. The van der Waals surface area contributed by atoms with Crippen molar-refractivity contribution in [3.8, 4) is 0 Å². The number of aliphatic hydroxyl groups is 2. The monoisotopic (exact) mass is 863 g/mol. The zero-order valence-corrected chi connectivity index (χ0v) is 37.5. The van der Waals surface area contributed by atoms with Gasteiger partial charge in [-0.1, -0.05) is 48.6 Å². The molecule has 3 saturated carbocycles. The van der Waals surface area contributed by atoms with Crippen LogP contribution in [0.2, 0.25) is 0 Å². The van der Waals surface area contributed by atoms with Gasteiger partial charge in [0.15, 0.2) is 0 Å². The summed E-state index contributed by atoms with van der Waals surface area (Å²) in [5.74, 6) is 2.52. The Morgan fingerprint density at radius 3 is 2.64 bits per heavy atom. The number of nitrogens with zero attached hydrogens (tertiary/aromatic N) is 1. The van der Waals surface area contributed by atoms with Crippen molar-refractivity contribution in [2.45, 2.75) is 183 Å². The van der Waals surface area contributed by atoms with Crippen molar-refractivity contribution in [1.82, 2.24) is 10.2 Å². The van der Waals surface area contributed by atoms with E-state index in [4.69, 9.17) is 20.9 Å². The molecule has 12 nitrogen and oxygen atoms in total. The fraction of sp³-hybridized carbons (Fsp3) is 0.889. The number of quaternary nitrogens is 1. The molecule has 10 N–H and O–H groups in total. The SMILES string of the molecule is CC(=O)O[C@H]1CCC2CC(CN3C[C@@](CC4CC[NH2+]C(N)C4)(CC[NH+]=C(N)NC4(CCCC4)SSCCCCCC[C@H](O)C1)CC3=O)C(O)C1O[C@H]3CCC[C@H]3C=CC21. The fourth-order valence-electron chi connectivity index (χ4n) is 12.2. The van der Waals surface area contributed by atoms with Crippen molar-refractivity contribution < 1.29 is 39.6 Å². The molecule has 0 aromatic rings. The van der Waals surface area contributed by atoms with E-state index in [0.717, 1.165) is 109 Å². The molecule has 7 unspecified atom stereocenters. The maximum atomic E-state index is 14.2. The molecule has 4 bridgehead atoms. The second-order valence-electron chi connectivity index (χ2n) is 19.9. The Kier molecular flexibility index (Phi) is 16.4. The van der Waals surface area contributed by atoms with Crippen molar-refractivity contribution >= 4 is 39.4 Å². The third-order valence-corrected chi connectivity index (χ3v) is 18.4. The molecule has 4 aliphatic heterocycles. The molecule has 7 rings (SSSR count). The molecule has 0 aromatic heterocycles. The number of piperidine rings is 1. The maximum Gasteiger partial charge on any atom is 0.342 e. The zero-order chi connectivity index (χ0) is 41.4. The van der Waals surface area contributed by atoms with Gasteiger partial charge in [0.05, 0.1) is 37.5 Å². The van der Waals surface area contributed by atoms with Gasteiger partial charge >= 0.3 is 11.9 Å². The van der Waals surface area contributed by atoms with E-state index in [0.29, 0.717) is 63.1 Å². The molecule has 2 saturated heterocycles. The van der Waals surface area contributed by atoms with Gasteiger partial charge in [-0.15, -0.1) is 0 Å². The van der Waals surface area contributed by atoms with Crippen LogP contribution in [0, 0.1) is 35.0 Å². The topological polar surface area (TPSA) is 191 Å². The lowest BCUT2D eigenvalue weighted by Crippen LogP contribution is -2.94. The lowest BCUT2D eigenvalue weighted by atomic mass is 9.68. The summed E-state index contributed by atoms with van der Waals surface area (Å²) < 4.78 is 12.8. The highest BCUT2D eigenvalue weighted by molar-refractivity contribution is 8.77. The molecule has 334 valence electrons. The Balaban J connectivity index is 1.13. The van der Waals surface area contributed by atoms with Gasteiger partial charge in [0.25, 0.3) is 0 Å². The predicted molar refractivity (Wildman–Crippen MR) is 234 cm³/mol. The fourth-order valence-corrected chi connectivity index (χ4v) is 15.4. The average Bonchev–Trinajstić information content (AvgIpc) is 3.88. The van der Waals surface area contributed by atoms with E-state index in [-0.39, 0.29) is 64.4 Å². The van der Waals surface area contributed by atoms with Crippen LogP contribution in [0.5, 0.6) is 0 Å². The summed E-state index contributed by atoms with van der Waals surface area (Å²) in [6.45, 7) is 4.35. The van der Waals surface area contributed by atoms with E-state index in [2.05, 4.69) is 32.7 Å². The lowest BCUT2D eigenvalue weighted by molar-refractivity contribution is -0.699. The number of carbonyl (C=O) groups is 2. The van der Waals surface area contributed by atoms with Gasteiger partial charge in [-0.3, -0.25) is 31.4 Å². The van der Waals surface area contributed by atoms with E-state index in [1.165, 1.54) is 19.8 Å². The zero-order valence-electron chi connectivity index (χ0n) is 35.9. The Morgan fingerprint density at radius 1 is 1.00 bits per heavy atom. The minimum atomic E-state index is -0.686. The summed E-state index contributed by atoms with van der Waals surface area (Å²) in [5, 5.41) is 29.4. The Morgan fingerprint density at radius 2 is 1.83 bits per heavy atom. The number of hydrogen-bond acceptors (Lipinski definition) is 11. The Labute approximate surface area is 361 Å². The molecule has 1 amide bonds. The summed E-state index contributed by atoms with van der Waals surface area (Å²) >= 11 is 0. The third-order valence-electron chi connectivity index (χ3n) is 15.2. The van der Waals surface area contributed by atoms with Gasteiger partial charge in [-0.2, -0.15) is 0 Å². The molecular formula is C45H78N6O6S2+2. The summed E-state index contributed by atoms with van der Waals surface area (Å²) in [6, 6.07) is 0. The number of esters is 1. The maximum absolute atomic E-state index is 14.2. The standard InChI is InChI=1S/C45H76N6O6S2/c1-30(52)56-36-14-12-33-24-34(41(55)42-37(33)15-13-32-9-8-11-38(32)57-42)28-51-29-44(27-40(51)54,26-31-16-20-48-39(46)23-31)19-21-49-43(47)50-45(17-5-6-18-45)59-58-22-7-3-2-4-10-35(53)25-36/h13,15,31-39,41-42,48,53,55H,2-12,14,16-29,46H2,1H3,(H3,47,49,50)/p+2/t31?,32-,33?,34?,35-,36-,37?,38-,39?,41?,42?,44+/m0/s1.